The molecule has 2 amide bonds. The molecule has 30 heavy (non-hydrogen) atoms. The van der Waals surface area contributed by atoms with Gasteiger partial charge in [0, 0.05) is 23.9 Å². The maximum Gasteiger partial charge on any atom is 0.258 e. The van der Waals surface area contributed by atoms with Gasteiger partial charge in [-0.25, -0.2) is 0 Å². The van der Waals surface area contributed by atoms with Crippen molar-refractivity contribution in [3.8, 4) is 11.5 Å². The van der Waals surface area contributed by atoms with Gasteiger partial charge in [-0.05, 0) is 36.1 Å². The van der Waals surface area contributed by atoms with Gasteiger partial charge < -0.3 is 19.7 Å². The highest BCUT2D eigenvalue weighted by molar-refractivity contribution is 6.25. The third-order valence-electron chi connectivity index (χ3n) is 5.19. The van der Waals surface area contributed by atoms with Gasteiger partial charge in [-0.2, -0.15) is 0 Å². The minimum atomic E-state index is -0.0546. The summed E-state index contributed by atoms with van der Waals surface area (Å²) in [5.74, 6) is 1.26. The fourth-order valence-corrected chi connectivity index (χ4v) is 3.78. The summed E-state index contributed by atoms with van der Waals surface area (Å²) in [4.78, 5) is 26.7. The molecule has 154 valence electrons. The van der Waals surface area contributed by atoms with Crippen LogP contribution in [0, 0.1) is 0 Å². The Morgan fingerprint density at radius 2 is 1.77 bits per heavy atom. The number of ether oxygens (including phenoxy) is 2. The van der Waals surface area contributed by atoms with Crippen LogP contribution in [0.5, 0.6) is 11.5 Å². The number of carbonyl (C=O) groups is 2. The molecule has 0 atom stereocenters. The first-order valence-electron chi connectivity index (χ1n) is 10.0. The molecule has 3 aromatic rings. The molecule has 1 N–H and O–H groups in total. The second kappa shape index (κ2) is 8.86. The molecule has 0 aliphatic carbocycles. The van der Waals surface area contributed by atoms with Crippen LogP contribution in [0.3, 0.4) is 0 Å². The third kappa shape index (κ3) is 3.94. The van der Waals surface area contributed by atoms with Crippen molar-refractivity contribution >= 4 is 28.3 Å². The van der Waals surface area contributed by atoms with Crippen LogP contribution in [0.2, 0.25) is 0 Å². The highest BCUT2D eigenvalue weighted by Gasteiger charge is 2.28. The molecule has 0 radical (unpaired) electrons. The van der Waals surface area contributed by atoms with Crippen LogP contribution in [0.25, 0.3) is 10.8 Å². The Morgan fingerprint density at radius 3 is 2.57 bits per heavy atom. The number of rotatable bonds is 9. The highest BCUT2D eigenvalue weighted by Crippen LogP contribution is 2.37. The van der Waals surface area contributed by atoms with Gasteiger partial charge in [-0.1, -0.05) is 36.4 Å². The van der Waals surface area contributed by atoms with Crippen LogP contribution in [-0.2, 0) is 4.79 Å². The quantitative estimate of drug-likeness (QED) is 0.551. The standard InChI is InChI=1S/C24H24N2O4/c1-29-20-11-2-3-12-21(20)30-16-14-25-22(27)13-6-15-26-19-10-5-8-17-7-4-9-18(23(17)19)24(26)28/h2-5,7-12H,6,13-16H2,1H3,(H,25,27). The lowest BCUT2D eigenvalue weighted by Gasteiger charge is -2.17. The number of para-hydroxylation sites is 2. The molecule has 3 aromatic carbocycles. The van der Waals surface area contributed by atoms with E-state index in [1.807, 2.05) is 60.7 Å². The summed E-state index contributed by atoms with van der Waals surface area (Å²) in [5.41, 5.74) is 1.67. The lowest BCUT2D eigenvalue weighted by atomic mass is 10.1. The molecule has 0 unspecified atom stereocenters. The second-order valence-electron chi connectivity index (χ2n) is 7.09. The molecular weight excluding hydrogens is 380 g/mol. The Labute approximate surface area is 175 Å². The van der Waals surface area contributed by atoms with E-state index in [9.17, 15) is 9.59 Å². The zero-order valence-electron chi connectivity index (χ0n) is 16.9. The van der Waals surface area contributed by atoms with Crippen molar-refractivity contribution in [2.45, 2.75) is 12.8 Å². The van der Waals surface area contributed by atoms with E-state index in [-0.39, 0.29) is 11.8 Å². The second-order valence-corrected chi connectivity index (χ2v) is 7.09. The number of hydrogen-bond donors (Lipinski definition) is 1. The summed E-state index contributed by atoms with van der Waals surface area (Å²) < 4.78 is 10.9. The van der Waals surface area contributed by atoms with Gasteiger partial charge in [0.15, 0.2) is 11.5 Å². The zero-order chi connectivity index (χ0) is 20.9. The molecule has 4 rings (SSSR count). The number of methoxy groups -OCH3 is 1. The Morgan fingerprint density at radius 1 is 1.00 bits per heavy atom. The van der Waals surface area contributed by atoms with E-state index in [1.165, 1.54) is 0 Å². The lowest BCUT2D eigenvalue weighted by molar-refractivity contribution is -0.121. The molecule has 0 aromatic heterocycles. The predicted octanol–water partition coefficient (Wildman–Crippen LogP) is 3.78. The van der Waals surface area contributed by atoms with Crippen LogP contribution in [0.4, 0.5) is 5.69 Å². The Balaban J connectivity index is 1.23. The number of amides is 2. The minimum Gasteiger partial charge on any atom is -0.493 e. The first-order chi connectivity index (χ1) is 14.7. The van der Waals surface area contributed by atoms with Gasteiger partial charge >= 0.3 is 0 Å². The van der Waals surface area contributed by atoms with Gasteiger partial charge in [0.25, 0.3) is 5.91 Å². The summed E-state index contributed by atoms with van der Waals surface area (Å²) in [5, 5.41) is 4.92. The Kier molecular flexibility index (Phi) is 5.84. The van der Waals surface area contributed by atoms with Crippen LogP contribution in [-0.4, -0.2) is 38.6 Å². The fourth-order valence-electron chi connectivity index (χ4n) is 3.78. The zero-order valence-corrected chi connectivity index (χ0v) is 16.9. The third-order valence-corrected chi connectivity index (χ3v) is 5.19. The lowest BCUT2D eigenvalue weighted by Crippen LogP contribution is -2.31. The largest absolute Gasteiger partial charge is 0.493 e. The predicted molar refractivity (Wildman–Crippen MR) is 116 cm³/mol. The smallest absolute Gasteiger partial charge is 0.258 e. The normalized spacial score (nSPS) is 12.3. The first-order valence-corrected chi connectivity index (χ1v) is 10.0. The Bertz CT molecular complexity index is 1070. The van der Waals surface area contributed by atoms with Crippen LogP contribution in [0.15, 0.2) is 60.7 Å². The molecule has 0 bridgehead atoms. The average molecular weight is 404 g/mol. The van der Waals surface area contributed by atoms with Gasteiger partial charge in [0.1, 0.15) is 6.61 Å². The number of nitrogens with zero attached hydrogens (tertiary/aromatic N) is 1. The molecule has 0 saturated carbocycles. The molecule has 0 saturated heterocycles. The van der Waals surface area contributed by atoms with Crippen LogP contribution in [0.1, 0.15) is 23.2 Å². The molecule has 0 fully saturated rings. The monoisotopic (exact) mass is 404 g/mol. The van der Waals surface area contributed by atoms with E-state index in [2.05, 4.69) is 5.32 Å². The van der Waals surface area contributed by atoms with Gasteiger partial charge in [-0.15, -0.1) is 0 Å². The molecule has 0 spiro atoms. The maximum atomic E-state index is 12.7. The highest BCUT2D eigenvalue weighted by atomic mass is 16.5. The van der Waals surface area contributed by atoms with Crippen molar-refractivity contribution in [2.75, 3.05) is 31.7 Å². The molecule has 1 heterocycles. The van der Waals surface area contributed by atoms with E-state index in [0.29, 0.717) is 44.0 Å². The summed E-state index contributed by atoms with van der Waals surface area (Å²) in [6.07, 6.45) is 0.945. The molecule has 1 aliphatic rings. The molecule has 1 aliphatic heterocycles. The van der Waals surface area contributed by atoms with E-state index >= 15 is 0 Å². The van der Waals surface area contributed by atoms with Gasteiger partial charge in [0.2, 0.25) is 5.91 Å². The van der Waals surface area contributed by atoms with Crippen molar-refractivity contribution in [3.05, 3.63) is 66.2 Å². The number of hydrogen-bond acceptors (Lipinski definition) is 4. The van der Waals surface area contributed by atoms with E-state index in [1.54, 1.807) is 12.0 Å². The van der Waals surface area contributed by atoms with Crippen molar-refractivity contribution in [2.24, 2.45) is 0 Å². The van der Waals surface area contributed by atoms with Crippen LogP contribution >= 0.6 is 0 Å². The SMILES string of the molecule is COc1ccccc1OCCNC(=O)CCCN1C(=O)c2cccc3cccc1c23. The van der Waals surface area contributed by atoms with Crippen molar-refractivity contribution in [3.63, 3.8) is 0 Å². The maximum absolute atomic E-state index is 12.7. The summed E-state index contributed by atoms with van der Waals surface area (Å²) in [6, 6.07) is 19.1. The van der Waals surface area contributed by atoms with E-state index in [0.717, 1.165) is 22.0 Å². The minimum absolute atomic E-state index is 0.00687. The topological polar surface area (TPSA) is 67.9 Å². The number of benzene rings is 3. The average Bonchev–Trinajstić information content (AvgIpc) is 3.05. The van der Waals surface area contributed by atoms with E-state index in [4.69, 9.17) is 9.47 Å². The summed E-state index contributed by atoms with van der Waals surface area (Å²) in [6.45, 7) is 1.27. The van der Waals surface area contributed by atoms with E-state index < -0.39 is 0 Å². The van der Waals surface area contributed by atoms with Crippen LogP contribution < -0.4 is 19.7 Å². The first kappa shape index (κ1) is 19.8. The number of nitrogens with one attached hydrogen (secondary N) is 1. The van der Waals surface area contributed by atoms with Gasteiger partial charge in [-0.3, -0.25) is 9.59 Å². The van der Waals surface area contributed by atoms with Crippen molar-refractivity contribution < 1.29 is 19.1 Å². The molecular formula is C24H24N2O4. The molecule has 6 heteroatoms. The van der Waals surface area contributed by atoms with Gasteiger partial charge in [0.05, 0.1) is 19.3 Å². The summed E-state index contributed by atoms with van der Waals surface area (Å²) in [7, 11) is 1.59. The van der Waals surface area contributed by atoms with Crippen molar-refractivity contribution in [1.29, 1.82) is 0 Å². The summed E-state index contributed by atoms with van der Waals surface area (Å²) >= 11 is 0. The number of carbonyl (C=O) groups excluding carboxylic acids is 2. The number of anilines is 1. The molecule has 6 nitrogen and oxygen atoms in total. The van der Waals surface area contributed by atoms with Crippen molar-refractivity contribution in [1.82, 2.24) is 5.32 Å². The Hall–Kier alpha value is -3.54. The fraction of sp³-hybridized carbons (Fsp3) is 0.250.